The standard InChI is InChI=1S/C59H42N2/c1-4-19-45(20-5-1)59(46-21-6-2-7-22-46)53-27-14-12-26-52(53)58-54(59)28-16-30-56(58)60(48-35-33-42(34-36-48)44-32-31-41-17-10-11-18-43(41)39-44)49-37-38-51-50-25-13-15-29-55(50)61(57(51)40-49)47-23-8-3-9-24-47/h1-33,35,37-40H,34,36H2. The van der Waals surface area contributed by atoms with Crippen LogP contribution in [0.4, 0.5) is 11.4 Å². The van der Waals surface area contributed by atoms with Crippen molar-refractivity contribution in [3.8, 4) is 16.8 Å². The lowest BCUT2D eigenvalue weighted by atomic mass is 9.68. The monoisotopic (exact) mass is 778 g/mol. The minimum atomic E-state index is -0.496. The van der Waals surface area contributed by atoms with Crippen LogP contribution < -0.4 is 4.90 Å². The smallest absolute Gasteiger partial charge is 0.0714 e. The first kappa shape index (κ1) is 35.3. The van der Waals surface area contributed by atoms with Gasteiger partial charge in [-0.25, -0.2) is 0 Å². The number of anilines is 2. The van der Waals surface area contributed by atoms with Gasteiger partial charge in [0.15, 0.2) is 0 Å². The van der Waals surface area contributed by atoms with Gasteiger partial charge in [0.25, 0.3) is 0 Å². The van der Waals surface area contributed by atoms with Crippen molar-refractivity contribution in [1.29, 1.82) is 0 Å². The van der Waals surface area contributed by atoms with Crippen LogP contribution in [-0.4, -0.2) is 4.57 Å². The molecule has 12 rings (SSSR count). The van der Waals surface area contributed by atoms with Crippen LogP contribution in [0, 0.1) is 0 Å². The summed E-state index contributed by atoms with van der Waals surface area (Å²) in [6, 6.07) is 80.6. The van der Waals surface area contributed by atoms with Gasteiger partial charge in [-0.1, -0.05) is 182 Å². The normalized spacial score (nSPS) is 14.1. The average molecular weight is 779 g/mol. The fraction of sp³-hybridized carbons (Fsp3) is 0.0508. The molecular weight excluding hydrogens is 737 g/mol. The van der Waals surface area contributed by atoms with E-state index in [0.717, 1.165) is 24.2 Å². The maximum Gasteiger partial charge on any atom is 0.0714 e. The van der Waals surface area contributed by atoms with Crippen LogP contribution in [-0.2, 0) is 5.41 Å². The van der Waals surface area contributed by atoms with Gasteiger partial charge in [0.2, 0.25) is 0 Å². The second-order valence-electron chi connectivity index (χ2n) is 16.4. The van der Waals surface area contributed by atoms with Gasteiger partial charge < -0.3 is 9.47 Å². The van der Waals surface area contributed by atoms with Crippen LogP contribution in [0.25, 0.3) is 55.0 Å². The minimum Gasteiger partial charge on any atom is -0.314 e. The Hall–Kier alpha value is -7.68. The van der Waals surface area contributed by atoms with Gasteiger partial charge in [-0.05, 0) is 111 Å². The average Bonchev–Trinajstić information content (AvgIpc) is 3.83. The Kier molecular flexibility index (Phi) is 8.24. The molecule has 0 N–H and O–H groups in total. The number of benzene rings is 9. The van der Waals surface area contributed by atoms with E-state index in [1.807, 2.05) is 0 Å². The topological polar surface area (TPSA) is 8.17 Å². The third-order valence-corrected chi connectivity index (χ3v) is 13.2. The molecule has 2 aliphatic carbocycles. The molecule has 2 heteroatoms. The summed E-state index contributed by atoms with van der Waals surface area (Å²) in [4.78, 5) is 2.57. The summed E-state index contributed by atoms with van der Waals surface area (Å²) in [5.41, 5.74) is 17.0. The van der Waals surface area contributed by atoms with Crippen molar-refractivity contribution >= 4 is 49.5 Å². The lowest BCUT2D eigenvalue weighted by molar-refractivity contribution is 0.768. The maximum atomic E-state index is 2.57. The van der Waals surface area contributed by atoms with E-state index in [2.05, 4.69) is 240 Å². The predicted octanol–water partition coefficient (Wildman–Crippen LogP) is 15.2. The molecule has 0 fully saturated rings. The number of rotatable bonds is 7. The molecule has 61 heavy (non-hydrogen) atoms. The Morgan fingerprint density at radius 3 is 1.87 bits per heavy atom. The Labute approximate surface area is 356 Å². The van der Waals surface area contributed by atoms with Crippen LogP contribution >= 0.6 is 0 Å². The largest absolute Gasteiger partial charge is 0.314 e. The highest BCUT2D eigenvalue weighted by molar-refractivity contribution is 6.10. The molecule has 0 radical (unpaired) electrons. The van der Waals surface area contributed by atoms with Gasteiger partial charge in [0.05, 0.1) is 22.1 Å². The molecule has 0 atom stereocenters. The van der Waals surface area contributed by atoms with Crippen molar-refractivity contribution in [2.75, 3.05) is 4.90 Å². The van der Waals surface area contributed by atoms with Crippen molar-refractivity contribution in [2.24, 2.45) is 0 Å². The van der Waals surface area contributed by atoms with E-state index in [1.165, 1.54) is 88.5 Å². The zero-order valence-electron chi connectivity index (χ0n) is 33.7. The highest BCUT2D eigenvalue weighted by atomic mass is 15.2. The van der Waals surface area contributed by atoms with E-state index in [4.69, 9.17) is 0 Å². The molecule has 0 bridgehead atoms. The van der Waals surface area contributed by atoms with Gasteiger partial charge in [0, 0.05) is 33.4 Å². The molecule has 0 aliphatic heterocycles. The van der Waals surface area contributed by atoms with E-state index in [1.54, 1.807) is 0 Å². The third-order valence-electron chi connectivity index (χ3n) is 13.2. The predicted molar refractivity (Wildman–Crippen MR) is 256 cm³/mol. The highest BCUT2D eigenvalue weighted by Crippen LogP contribution is 2.59. The highest BCUT2D eigenvalue weighted by Gasteiger charge is 2.47. The SMILES string of the molecule is C1=C(c2ccc3ccccc3c2)CCC(N(c2ccc3c4ccccc4n(-c4ccccc4)c3c2)c2cccc3c2-c2ccccc2C3(c2ccccc2)c2ccccc2)=C1. The van der Waals surface area contributed by atoms with Gasteiger partial charge in [0.1, 0.15) is 0 Å². The summed E-state index contributed by atoms with van der Waals surface area (Å²) >= 11 is 0. The molecule has 9 aromatic carbocycles. The lowest BCUT2D eigenvalue weighted by Gasteiger charge is -2.35. The van der Waals surface area contributed by atoms with Gasteiger partial charge in [-0.15, -0.1) is 0 Å². The Morgan fingerprint density at radius 2 is 1.10 bits per heavy atom. The number of fused-ring (bicyclic) bond motifs is 7. The molecule has 0 saturated carbocycles. The van der Waals surface area contributed by atoms with E-state index >= 15 is 0 Å². The van der Waals surface area contributed by atoms with Crippen LogP contribution in [0.3, 0.4) is 0 Å². The van der Waals surface area contributed by atoms with E-state index in [0.29, 0.717) is 0 Å². The number of nitrogens with zero attached hydrogens (tertiary/aromatic N) is 2. The molecule has 1 heterocycles. The molecule has 2 nitrogen and oxygen atoms in total. The van der Waals surface area contributed by atoms with E-state index < -0.39 is 5.41 Å². The summed E-state index contributed by atoms with van der Waals surface area (Å²) < 4.78 is 2.43. The first-order valence-corrected chi connectivity index (χ1v) is 21.4. The first-order valence-electron chi connectivity index (χ1n) is 21.4. The van der Waals surface area contributed by atoms with Crippen LogP contribution in [0.1, 0.15) is 40.7 Å². The number of para-hydroxylation sites is 2. The second kappa shape index (κ2) is 14.3. The minimum absolute atomic E-state index is 0.496. The molecule has 2 aliphatic rings. The molecule has 0 saturated heterocycles. The summed E-state index contributed by atoms with van der Waals surface area (Å²) in [5, 5.41) is 5.05. The molecule has 0 amide bonds. The Balaban J connectivity index is 1.12. The zero-order chi connectivity index (χ0) is 40.3. The van der Waals surface area contributed by atoms with E-state index in [9.17, 15) is 0 Å². The fourth-order valence-corrected chi connectivity index (χ4v) is 10.5. The quantitative estimate of drug-likeness (QED) is 0.156. The van der Waals surface area contributed by atoms with Gasteiger partial charge >= 0.3 is 0 Å². The molecule has 0 spiro atoms. The van der Waals surface area contributed by atoms with E-state index in [-0.39, 0.29) is 0 Å². The first-order chi connectivity index (χ1) is 30.3. The van der Waals surface area contributed by atoms with Crippen molar-refractivity contribution in [2.45, 2.75) is 18.3 Å². The molecule has 10 aromatic rings. The third kappa shape index (κ3) is 5.49. The fourth-order valence-electron chi connectivity index (χ4n) is 10.5. The van der Waals surface area contributed by atoms with Crippen LogP contribution in [0.5, 0.6) is 0 Å². The van der Waals surface area contributed by atoms with Gasteiger partial charge in [-0.2, -0.15) is 0 Å². The summed E-state index contributed by atoms with van der Waals surface area (Å²) in [7, 11) is 0. The van der Waals surface area contributed by atoms with Crippen molar-refractivity contribution in [1.82, 2.24) is 4.57 Å². The second-order valence-corrected chi connectivity index (χ2v) is 16.4. The number of allylic oxidation sites excluding steroid dienone is 4. The Morgan fingerprint density at radius 1 is 0.443 bits per heavy atom. The lowest BCUT2D eigenvalue weighted by Crippen LogP contribution is -2.28. The Bertz CT molecular complexity index is 3310. The molecule has 0 unspecified atom stereocenters. The maximum absolute atomic E-state index is 2.57. The summed E-state index contributed by atoms with van der Waals surface area (Å²) in [5.74, 6) is 0. The van der Waals surface area contributed by atoms with Crippen molar-refractivity contribution in [3.05, 3.63) is 264 Å². The summed E-state index contributed by atoms with van der Waals surface area (Å²) in [6.45, 7) is 0. The van der Waals surface area contributed by atoms with Gasteiger partial charge in [-0.3, -0.25) is 0 Å². The molecule has 288 valence electrons. The number of hydrogen-bond donors (Lipinski definition) is 0. The van der Waals surface area contributed by atoms with Crippen LogP contribution in [0.15, 0.2) is 236 Å². The zero-order valence-corrected chi connectivity index (χ0v) is 33.7. The van der Waals surface area contributed by atoms with Crippen molar-refractivity contribution in [3.63, 3.8) is 0 Å². The number of aromatic nitrogens is 1. The van der Waals surface area contributed by atoms with Crippen molar-refractivity contribution < 1.29 is 0 Å². The van der Waals surface area contributed by atoms with Crippen LogP contribution in [0.2, 0.25) is 0 Å². The summed E-state index contributed by atoms with van der Waals surface area (Å²) in [6.07, 6.45) is 6.58. The molecular formula is C59H42N2. The molecule has 1 aromatic heterocycles. The number of hydrogen-bond acceptors (Lipinski definition) is 1.